The van der Waals surface area contributed by atoms with Crippen LogP contribution in [0.1, 0.15) is 37.6 Å². The fourth-order valence-electron chi connectivity index (χ4n) is 2.13. The summed E-state index contributed by atoms with van der Waals surface area (Å²) >= 11 is 0. The summed E-state index contributed by atoms with van der Waals surface area (Å²) in [6, 6.07) is 8.95. The van der Waals surface area contributed by atoms with Crippen LogP contribution in [0.5, 0.6) is 0 Å². The van der Waals surface area contributed by atoms with E-state index in [-0.39, 0.29) is 11.9 Å². The Balaban J connectivity index is 2.26. The van der Waals surface area contributed by atoms with Gasteiger partial charge in [0.15, 0.2) is 0 Å². The first-order valence-corrected chi connectivity index (χ1v) is 6.72. The number of furan rings is 1. The molecule has 0 amide bonds. The van der Waals surface area contributed by atoms with Crippen molar-refractivity contribution in [2.45, 2.75) is 33.2 Å². The second-order valence-electron chi connectivity index (χ2n) is 4.81. The normalized spacial score (nSPS) is 12.6. The van der Waals surface area contributed by atoms with Gasteiger partial charge in [-0.25, -0.2) is 4.39 Å². The van der Waals surface area contributed by atoms with Crippen molar-refractivity contribution in [3.63, 3.8) is 0 Å². The van der Waals surface area contributed by atoms with Crippen molar-refractivity contribution < 1.29 is 8.81 Å². The zero-order valence-electron chi connectivity index (χ0n) is 11.7. The fraction of sp³-hybridized carbons (Fsp3) is 0.375. The summed E-state index contributed by atoms with van der Waals surface area (Å²) in [6.45, 7) is 7.00. The molecule has 19 heavy (non-hydrogen) atoms. The molecule has 1 heterocycles. The van der Waals surface area contributed by atoms with Gasteiger partial charge in [0.1, 0.15) is 17.3 Å². The Morgan fingerprint density at radius 2 is 2.05 bits per heavy atom. The van der Waals surface area contributed by atoms with Crippen molar-refractivity contribution >= 4 is 0 Å². The van der Waals surface area contributed by atoms with E-state index in [1.54, 1.807) is 6.07 Å². The molecule has 1 atom stereocenters. The average Bonchev–Trinajstić information content (AvgIpc) is 2.85. The summed E-state index contributed by atoms with van der Waals surface area (Å²) < 4.78 is 19.7. The highest BCUT2D eigenvalue weighted by Crippen LogP contribution is 2.29. The Kier molecular flexibility index (Phi) is 4.38. The first kappa shape index (κ1) is 13.8. The lowest BCUT2D eigenvalue weighted by molar-refractivity contribution is 0.437. The Hall–Kier alpha value is -1.61. The number of halogens is 1. The maximum absolute atomic E-state index is 13.9. The van der Waals surface area contributed by atoms with E-state index >= 15 is 0 Å². The second-order valence-corrected chi connectivity index (χ2v) is 4.81. The summed E-state index contributed by atoms with van der Waals surface area (Å²) in [7, 11) is 0. The lowest BCUT2D eigenvalue weighted by atomic mass is 10.1. The van der Waals surface area contributed by atoms with Crippen molar-refractivity contribution in [1.29, 1.82) is 0 Å². The van der Waals surface area contributed by atoms with E-state index in [0.717, 1.165) is 24.3 Å². The van der Waals surface area contributed by atoms with Gasteiger partial charge in [0, 0.05) is 0 Å². The average molecular weight is 261 g/mol. The molecule has 1 unspecified atom stereocenters. The minimum atomic E-state index is -0.241. The first-order valence-electron chi connectivity index (χ1n) is 6.72. The van der Waals surface area contributed by atoms with E-state index in [1.807, 2.05) is 32.0 Å². The fourth-order valence-corrected chi connectivity index (χ4v) is 2.13. The number of rotatable bonds is 5. The third-order valence-corrected chi connectivity index (χ3v) is 3.22. The summed E-state index contributed by atoms with van der Waals surface area (Å²) in [5, 5.41) is 3.36. The van der Waals surface area contributed by atoms with Crippen molar-refractivity contribution in [3.8, 4) is 11.3 Å². The minimum absolute atomic E-state index is 0.140. The van der Waals surface area contributed by atoms with Crippen LogP contribution in [0.2, 0.25) is 0 Å². The minimum Gasteiger partial charge on any atom is -0.459 e. The van der Waals surface area contributed by atoms with E-state index in [0.29, 0.717) is 11.3 Å². The van der Waals surface area contributed by atoms with Gasteiger partial charge >= 0.3 is 0 Å². The highest BCUT2D eigenvalue weighted by atomic mass is 19.1. The van der Waals surface area contributed by atoms with Crippen molar-refractivity contribution in [2.24, 2.45) is 0 Å². The molecule has 0 fully saturated rings. The predicted octanol–water partition coefficient (Wildman–Crippen LogP) is 4.45. The Morgan fingerprint density at radius 1 is 1.26 bits per heavy atom. The molecule has 3 heteroatoms. The topological polar surface area (TPSA) is 25.2 Å². The van der Waals surface area contributed by atoms with Crippen LogP contribution >= 0.6 is 0 Å². The van der Waals surface area contributed by atoms with Crippen LogP contribution in [0.15, 0.2) is 34.7 Å². The molecule has 0 saturated heterocycles. The zero-order chi connectivity index (χ0) is 13.8. The van der Waals surface area contributed by atoms with Gasteiger partial charge in [0.2, 0.25) is 0 Å². The standard InChI is InChI=1S/C16H20FNO/c1-4-10-18-12(3)14-8-9-15(19-14)16-11(2)6-5-7-13(16)17/h5-9,12,18H,4,10H2,1-3H3. The van der Waals surface area contributed by atoms with Crippen LogP contribution in [0.25, 0.3) is 11.3 Å². The largest absolute Gasteiger partial charge is 0.459 e. The van der Waals surface area contributed by atoms with Gasteiger partial charge in [-0.2, -0.15) is 0 Å². The van der Waals surface area contributed by atoms with Gasteiger partial charge in [-0.1, -0.05) is 19.1 Å². The van der Waals surface area contributed by atoms with Crippen molar-refractivity contribution in [2.75, 3.05) is 6.54 Å². The molecule has 1 aromatic carbocycles. The molecule has 0 saturated carbocycles. The third kappa shape index (κ3) is 3.04. The SMILES string of the molecule is CCCNC(C)c1ccc(-c2c(C)cccc2F)o1. The number of nitrogens with one attached hydrogen (secondary N) is 1. The van der Waals surface area contributed by atoms with E-state index in [9.17, 15) is 4.39 Å². The lowest BCUT2D eigenvalue weighted by Gasteiger charge is -2.10. The highest BCUT2D eigenvalue weighted by Gasteiger charge is 2.14. The zero-order valence-corrected chi connectivity index (χ0v) is 11.7. The third-order valence-electron chi connectivity index (χ3n) is 3.22. The number of benzene rings is 1. The monoisotopic (exact) mass is 261 g/mol. The molecule has 0 aliphatic carbocycles. The molecular formula is C16H20FNO. The van der Waals surface area contributed by atoms with E-state index in [2.05, 4.69) is 12.2 Å². The maximum Gasteiger partial charge on any atom is 0.137 e. The summed E-state index contributed by atoms with van der Waals surface area (Å²) in [6.07, 6.45) is 1.07. The molecule has 0 bridgehead atoms. The van der Waals surface area contributed by atoms with Gasteiger partial charge in [0.25, 0.3) is 0 Å². The van der Waals surface area contributed by atoms with Crippen LogP contribution in [-0.2, 0) is 0 Å². The molecule has 1 aromatic heterocycles. The van der Waals surface area contributed by atoms with Gasteiger partial charge in [0.05, 0.1) is 11.6 Å². The van der Waals surface area contributed by atoms with Gasteiger partial charge in [-0.05, 0) is 50.6 Å². The van der Waals surface area contributed by atoms with Crippen molar-refractivity contribution in [3.05, 3.63) is 47.5 Å². The Bertz CT molecular complexity index is 527. The first-order chi connectivity index (χ1) is 9.13. The van der Waals surface area contributed by atoms with Crippen LogP contribution in [0.3, 0.4) is 0 Å². The summed E-state index contributed by atoms with van der Waals surface area (Å²) in [4.78, 5) is 0. The Morgan fingerprint density at radius 3 is 2.74 bits per heavy atom. The van der Waals surface area contributed by atoms with Crippen LogP contribution in [0, 0.1) is 12.7 Å². The highest BCUT2D eigenvalue weighted by molar-refractivity contribution is 5.62. The molecule has 102 valence electrons. The van der Waals surface area contributed by atoms with E-state index < -0.39 is 0 Å². The van der Waals surface area contributed by atoms with Crippen LogP contribution in [0.4, 0.5) is 4.39 Å². The molecule has 2 nitrogen and oxygen atoms in total. The summed E-state index contributed by atoms with van der Waals surface area (Å²) in [5.74, 6) is 1.19. The molecule has 1 N–H and O–H groups in total. The molecule has 0 aliphatic rings. The Labute approximate surface area is 113 Å². The molecule has 0 aliphatic heterocycles. The lowest BCUT2D eigenvalue weighted by Crippen LogP contribution is -2.18. The van der Waals surface area contributed by atoms with Crippen LogP contribution < -0.4 is 5.32 Å². The van der Waals surface area contributed by atoms with Gasteiger partial charge in [-0.3, -0.25) is 0 Å². The molecule has 2 rings (SSSR count). The molecule has 2 aromatic rings. The van der Waals surface area contributed by atoms with Crippen LogP contribution in [-0.4, -0.2) is 6.54 Å². The number of hydrogen-bond donors (Lipinski definition) is 1. The smallest absolute Gasteiger partial charge is 0.137 e. The molecule has 0 spiro atoms. The van der Waals surface area contributed by atoms with E-state index in [1.165, 1.54) is 6.07 Å². The molecule has 0 radical (unpaired) electrons. The second kappa shape index (κ2) is 6.02. The summed E-state index contributed by atoms with van der Waals surface area (Å²) in [5.41, 5.74) is 1.44. The predicted molar refractivity (Wildman–Crippen MR) is 75.5 cm³/mol. The molecular weight excluding hydrogens is 241 g/mol. The van der Waals surface area contributed by atoms with Crippen molar-refractivity contribution in [1.82, 2.24) is 5.32 Å². The van der Waals surface area contributed by atoms with Gasteiger partial charge in [-0.15, -0.1) is 0 Å². The maximum atomic E-state index is 13.9. The van der Waals surface area contributed by atoms with E-state index in [4.69, 9.17) is 4.42 Å². The quantitative estimate of drug-likeness (QED) is 0.860. The van der Waals surface area contributed by atoms with Gasteiger partial charge < -0.3 is 9.73 Å². The number of hydrogen-bond acceptors (Lipinski definition) is 2. The number of aryl methyl sites for hydroxylation is 1.